The van der Waals surface area contributed by atoms with Crippen LogP contribution in [0.4, 0.5) is 26.0 Å². The second-order valence-corrected chi connectivity index (χ2v) is 6.13. The van der Waals surface area contributed by atoms with Crippen LogP contribution in [0.2, 0.25) is 0 Å². The molecule has 6 nitrogen and oxygen atoms in total. The molecule has 0 aliphatic heterocycles. The Labute approximate surface area is 160 Å². The van der Waals surface area contributed by atoms with Gasteiger partial charge in [-0.1, -0.05) is 18.2 Å². The van der Waals surface area contributed by atoms with E-state index in [9.17, 15) is 13.6 Å². The molecule has 0 bridgehead atoms. The summed E-state index contributed by atoms with van der Waals surface area (Å²) in [6, 6.07) is 10.6. The summed E-state index contributed by atoms with van der Waals surface area (Å²) in [6.07, 6.45) is 2.56. The molecular weight excluding hydrogens is 366 g/mol. The molecule has 0 saturated heterocycles. The number of hydrogen-bond donors (Lipinski definition) is 2. The minimum Gasteiger partial charge on any atom is -0.489 e. The van der Waals surface area contributed by atoms with Crippen LogP contribution < -0.4 is 15.4 Å². The number of ether oxygens (including phenoxy) is 1. The minimum atomic E-state index is -0.874. The second kappa shape index (κ2) is 8.43. The van der Waals surface area contributed by atoms with Gasteiger partial charge in [-0.3, -0.25) is 4.79 Å². The van der Waals surface area contributed by atoms with E-state index in [1.807, 2.05) is 38.1 Å². The van der Waals surface area contributed by atoms with Crippen molar-refractivity contribution in [2.24, 2.45) is 0 Å². The van der Waals surface area contributed by atoms with Gasteiger partial charge in [-0.2, -0.15) is 0 Å². The van der Waals surface area contributed by atoms with Crippen molar-refractivity contribution in [3.63, 3.8) is 0 Å². The van der Waals surface area contributed by atoms with Crippen molar-refractivity contribution in [1.29, 1.82) is 0 Å². The van der Waals surface area contributed by atoms with Crippen molar-refractivity contribution in [3.05, 3.63) is 72.2 Å². The van der Waals surface area contributed by atoms with Crippen molar-refractivity contribution in [2.75, 3.05) is 10.6 Å². The lowest BCUT2D eigenvalue weighted by molar-refractivity contribution is 0.102. The zero-order chi connectivity index (χ0) is 20.1. The third-order valence-electron chi connectivity index (χ3n) is 3.60. The predicted octanol–water partition coefficient (Wildman–Crippen LogP) is 4.54. The Morgan fingerprint density at radius 2 is 1.71 bits per heavy atom. The molecule has 0 fully saturated rings. The Morgan fingerprint density at radius 1 is 1.00 bits per heavy atom. The highest BCUT2D eigenvalue weighted by Gasteiger charge is 2.15. The lowest BCUT2D eigenvalue weighted by Gasteiger charge is -2.15. The highest BCUT2D eigenvalue weighted by molar-refractivity contribution is 6.02. The summed E-state index contributed by atoms with van der Waals surface area (Å²) < 4.78 is 33.0. The number of carbonyl (C=O) groups is 1. The van der Waals surface area contributed by atoms with Gasteiger partial charge in [0.2, 0.25) is 0 Å². The van der Waals surface area contributed by atoms with E-state index in [1.54, 1.807) is 0 Å². The number of rotatable bonds is 6. The van der Waals surface area contributed by atoms with Gasteiger partial charge in [0, 0.05) is 0 Å². The van der Waals surface area contributed by atoms with Crippen LogP contribution in [-0.4, -0.2) is 22.0 Å². The molecule has 3 aromatic rings. The van der Waals surface area contributed by atoms with Crippen molar-refractivity contribution < 1.29 is 18.3 Å². The predicted molar refractivity (Wildman–Crippen MR) is 102 cm³/mol. The summed E-state index contributed by atoms with van der Waals surface area (Å²) in [5.41, 5.74) is 0.0762. The number of para-hydroxylation sites is 3. The molecule has 3 rings (SSSR count). The van der Waals surface area contributed by atoms with Crippen LogP contribution in [0.15, 0.2) is 54.9 Å². The van der Waals surface area contributed by atoms with Gasteiger partial charge in [0.15, 0.2) is 0 Å². The van der Waals surface area contributed by atoms with Gasteiger partial charge in [-0.25, -0.2) is 18.7 Å². The molecule has 0 radical (unpaired) electrons. The molecule has 0 aliphatic rings. The van der Waals surface area contributed by atoms with Gasteiger partial charge in [-0.15, -0.1) is 0 Å². The lowest BCUT2D eigenvalue weighted by Crippen LogP contribution is -2.16. The molecule has 1 amide bonds. The minimum absolute atomic E-state index is 0.00103. The Kier molecular flexibility index (Phi) is 5.78. The molecule has 0 aliphatic carbocycles. The van der Waals surface area contributed by atoms with Crippen LogP contribution in [0.25, 0.3) is 0 Å². The molecule has 0 unspecified atom stereocenters. The van der Waals surface area contributed by atoms with Crippen molar-refractivity contribution in [1.82, 2.24) is 9.97 Å². The first-order valence-electron chi connectivity index (χ1n) is 8.54. The van der Waals surface area contributed by atoms with Gasteiger partial charge in [0.1, 0.15) is 34.6 Å². The zero-order valence-corrected chi connectivity index (χ0v) is 15.2. The summed E-state index contributed by atoms with van der Waals surface area (Å²) in [4.78, 5) is 20.3. The van der Waals surface area contributed by atoms with Crippen LogP contribution in [0.1, 0.15) is 24.3 Å². The van der Waals surface area contributed by atoms with Crippen LogP contribution >= 0.6 is 0 Å². The quantitative estimate of drug-likeness (QED) is 0.653. The summed E-state index contributed by atoms with van der Waals surface area (Å²) in [5, 5.41) is 5.22. The second-order valence-electron chi connectivity index (χ2n) is 6.13. The average Bonchev–Trinajstić information content (AvgIpc) is 2.66. The van der Waals surface area contributed by atoms with E-state index in [4.69, 9.17) is 4.74 Å². The molecule has 144 valence electrons. The maximum atomic E-state index is 13.6. The fraction of sp³-hybridized carbons (Fsp3) is 0.150. The van der Waals surface area contributed by atoms with Crippen molar-refractivity contribution in [3.8, 4) is 5.75 Å². The number of amides is 1. The smallest absolute Gasteiger partial charge is 0.276 e. The SMILES string of the molecule is CC(C)Oc1ccccc1Nc1cnc(C(=O)Nc2c(F)cccc2F)cn1. The third kappa shape index (κ3) is 4.59. The standard InChI is InChI=1S/C20H18F2N4O2/c1-12(2)28-17-9-4-3-8-15(17)25-18-11-23-16(10-24-18)20(27)26-19-13(21)6-5-7-14(19)22/h3-12H,1-2H3,(H,24,25)(H,26,27). The number of halogens is 2. The van der Waals surface area contributed by atoms with Gasteiger partial charge >= 0.3 is 0 Å². The zero-order valence-electron chi connectivity index (χ0n) is 15.2. The van der Waals surface area contributed by atoms with Gasteiger partial charge in [0.05, 0.1) is 24.2 Å². The third-order valence-corrected chi connectivity index (χ3v) is 3.60. The number of nitrogens with zero attached hydrogens (tertiary/aromatic N) is 2. The van der Waals surface area contributed by atoms with Crippen LogP contribution in [-0.2, 0) is 0 Å². The van der Waals surface area contributed by atoms with E-state index in [1.165, 1.54) is 18.5 Å². The van der Waals surface area contributed by atoms with E-state index in [0.29, 0.717) is 17.3 Å². The van der Waals surface area contributed by atoms with Crippen molar-refractivity contribution in [2.45, 2.75) is 20.0 Å². The first kappa shape index (κ1) is 19.2. The number of nitrogens with one attached hydrogen (secondary N) is 2. The summed E-state index contributed by atoms with van der Waals surface area (Å²) in [6.45, 7) is 3.84. The Bertz CT molecular complexity index is 958. The van der Waals surface area contributed by atoms with E-state index in [0.717, 1.165) is 12.1 Å². The summed E-state index contributed by atoms with van der Waals surface area (Å²) in [5.74, 6) is -1.49. The molecule has 0 saturated carbocycles. The number of benzene rings is 2. The molecule has 28 heavy (non-hydrogen) atoms. The summed E-state index contributed by atoms with van der Waals surface area (Å²) in [7, 11) is 0. The highest BCUT2D eigenvalue weighted by atomic mass is 19.1. The van der Waals surface area contributed by atoms with E-state index < -0.39 is 23.2 Å². The van der Waals surface area contributed by atoms with Crippen LogP contribution in [0, 0.1) is 11.6 Å². The molecule has 2 aromatic carbocycles. The molecule has 0 atom stereocenters. The van der Waals surface area contributed by atoms with E-state index >= 15 is 0 Å². The normalized spacial score (nSPS) is 10.6. The Morgan fingerprint density at radius 3 is 2.36 bits per heavy atom. The maximum absolute atomic E-state index is 13.6. The maximum Gasteiger partial charge on any atom is 0.276 e. The number of aromatic nitrogens is 2. The van der Waals surface area contributed by atoms with Gasteiger partial charge in [0.25, 0.3) is 5.91 Å². The first-order valence-corrected chi connectivity index (χ1v) is 8.54. The largest absolute Gasteiger partial charge is 0.489 e. The topological polar surface area (TPSA) is 76.1 Å². The molecule has 0 spiro atoms. The first-order chi connectivity index (χ1) is 13.4. The van der Waals surface area contributed by atoms with E-state index in [-0.39, 0.29) is 11.8 Å². The van der Waals surface area contributed by atoms with E-state index in [2.05, 4.69) is 20.6 Å². The average molecular weight is 384 g/mol. The molecule has 1 aromatic heterocycles. The monoisotopic (exact) mass is 384 g/mol. The molecule has 8 heteroatoms. The van der Waals surface area contributed by atoms with Crippen molar-refractivity contribution >= 4 is 23.1 Å². The molecule has 1 heterocycles. The number of carbonyl (C=O) groups excluding carboxylic acids is 1. The highest BCUT2D eigenvalue weighted by Crippen LogP contribution is 2.27. The van der Waals surface area contributed by atoms with Gasteiger partial charge < -0.3 is 15.4 Å². The number of anilines is 3. The van der Waals surface area contributed by atoms with Gasteiger partial charge in [-0.05, 0) is 38.1 Å². The Balaban J connectivity index is 1.73. The molecular formula is C20H18F2N4O2. The fourth-order valence-electron chi connectivity index (χ4n) is 2.37. The Hall–Kier alpha value is -3.55. The lowest BCUT2D eigenvalue weighted by atomic mass is 10.2. The van der Waals surface area contributed by atoms with Crippen LogP contribution in [0.3, 0.4) is 0 Å². The fourth-order valence-corrected chi connectivity index (χ4v) is 2.37. The van der Waals surface area contributed by atoms with Crippen LogP contribution in [0.5, 0.6) is 5.75 Å². The summed E-state index contributed by atoms with van der Waals surface area (Å²) >= 11 is 0. The number of hydrogen-bond acceptors (Lipinski definition) is 5. The molecule has 2 N–H and O–H groups in total.